The number of carbonyl (C=O) groups is 1. The summed E-state index contributed by atoms with van der Waals surface area (Å²) in [6.07, 6.45) is 0. The molecular formula is C20H23N5O2. The molecule has 140 valence electrons. The molecule has 1 amide bonds. The predicted octanol–water partition coefficient (Wildman–Crippen LogP) is 2.00. The van der Waals surface area contributed by atoms with Crippen molar-refractivity contribution < 1.29 is 9.53 Å². The molecule has 2 aromatic rings. The molecule has 1 saturated heterocycles. The average molecular weight is 365 g/mol. The van der Waals surface area contributed by atoms with E-state index in [9.17, 15) is 4.79 Å². The van der Waals surface area contributed by atoms with Gasteiger partial charge in [-0.25, -0.2) is 9.97 Å². The summed E-state index contributed by atoms with van der Waals surface area (Å²) >= 11 is 0. The van der Waals surface area contributed by atoms with Crippen molar-refractivity contribution in [2.24, 2.45) is 0 Å². The third-order valence-electron chi connectivity index (χ3n) is 4.71. The quantitative estimate of drug-likeness (QED) is 0.824. The first-order valence-corrected chi connectivity index (χ1v) is 8.95. The zero-order valence-corrected chi connectivity index (χ0v) is 15.9. The molecule has 1 aliphatic heterocycles. The first kappa shape index (κ1) is 18.6. The second-order valence-electron chi connectivity index (χ2n) is 6.71. The Balaban J connectivity index is 1.54. The Bertz CT molecular complexity index is 882. The van der Waals surface area contributed by atoms with Crippen LogP contribution in [0, 0.1) is 32.1 Å². The van der Waals surface area contributed by atoms with Crippen LogP contribution in [0.3, 0.4) is 0 Å². The van der Waals surface area contributed by atoms with E-state index in [2.05, 4.69) is 16.0 Å². The third-order valence-corrected chi connectivity index (χ3v) is 4.71. The predicted molar refractivity (Wildman–Crippen MR) is 102 cm³/mol. The lowest BCUT2D eigenvalue weighted by atomic mass is 10.1. The summed E-state index contributed by atoms with van der Waals surface area (Å²) in [4.78, 5) is 24.9. The topological polar surface area (TPSA) is 82.4 Å². The fraction of sp³-hybridized carbons (Fsp3) is 0.400. The molecule has 0 bridgehead atoms. The Labute approximate surface area is 159 Å². The Kier molecular flexibility index (Phi) is 5.55. The first-order valence-electron chi connectivity index (χ1n) is 8.95. The van der Waals surface area contributed by atoms with Gasteiger partial charge in [-0.05, 0) is 50.1 Å². The number of piperazine rings is 1. The van der Waals surface area contributed by atoms with Gasteiger partial charge in [0.15, 0.2) is 6.61 Å². The molecule has 0 radical (unpaired) electrons. The Morgan fingerprint density at radius 3 is 2.52 bits per heavy atom. The molecule has 1 aromatic carbocycles. The van der Waals surface area contributed by atoms with Crippen molar-refractivity contribution in [2.75, 3.05) is 37.7 Å². The number of ether oxygens (including phenoxy) is 1. The van der Waals surface area contributed by atoms with Gasteiger partial charge < -0.3 is 14.5 Å². The van der Waals surface area contributed by atoms with E-state index in [0.717, 1.165) is 11.3 Å². The number of carbonyl (C=O) groups excluding carboxylic acids is 1. The van der Waals surface area contributed by atoms with E-state index in [0.29, 0.717) is 43.6 Å². The number of rotatable bonds is 4. The number of benzene rings is 1. The van der Waals surface area contributed by atoms with E-state index >= 15 is 0 Å². The highest BCUT2D eigenvalue weighted by Gasteiger charge is 2.23. The molecule has 0 aliphatic carbocycles. The normalized spacial score (nSPS) is 14.0. The van der Waals surface area contributed by atoms with Crippen LogP contribution in [-0.4, -0.2) is 53.6 Å². The smallest absolute Gasteiger partial charge is 0.260 e. The van der Waals surface area contributed by atoms with Crippen LogP contribution in [0.15, 0.2) is 24.3 Å². The molecule has 1 aliphatic rings. The lowest BCUT2D eigenvalue weighted by molar-refractivity contribution is -0.133. The molecule has 1 aromatic heterocycles. The number of nitrogens with zero attached hydrogens (tertiary/aromatic N) is 5. The van der Waals surface area contributed by atoms with Crippen LogP contribution >= 0.6 is 0 Å². The minimum atomic E-state index is -0.0317. The fourth-order valence-corrected chi connectivity index (χ4v) is 2.95. The van der Waals surface area contributed by atoms with Gasteiger partial charge in [0.25, 0.3) is 5.91 Å². The van der Waals surface area contributed by atoms with Gasteiger partial charge in [0.2, 0.25) is 5.95 Å². The minimum Gasteiger partial charge on any atom is -0.484 e. The van der Waals surface area contributed by atoms with Crippen molar-refractivity contribution in [3.8, 4) is 11.8 Å². The largest absolute Gasteiger partial charge is 0.484 e. The number of hydrogen-bond donors (Lipinski definition) is 0. The zero-order valence-electron chi connectivity index (χ0n) is 15.9. The van der Waals surface area contributed by atoms with Gasteiger partial charge in [-0.3, -0.25) is 4.79 Å². The number of hydrogen-bond acceptors (Lipinski definition) is 6. The van der Waals surface area contributed by atoms with Crippen molar-refractivity contribution in [1.29, 1.82) is 5.26 Å². The monoisotopic (exact) mass is 365 g/mol. The molecule has 0 unspecified atom stereocenters. The Morgan fingerprint density at radius 2 is 1.85 bits per heavy atom. The molecule has 27 heavy (non-hydrogen) atoms. The highest BCUT2D eigenvalue weighted by atomic mass is 16.5. The maximum absolute atomic E-state index is 12.4. The fourth-order valence-electron chi connectivity index (χ4n) is 2.95. The van der Waals surface area contributed by atoms with Gasteiger partial charge in [0.05, 0.1) is 0 Å². The van der Waals surface area contributed by atoms with Gasteiger partial charge in [-0.15, -0.1) is 0 Å². The van der Waals surface area contributed by atoms with Crippen LogP contribution in [0.1, 0.15) is 22.5 Å². The third kappa shape index (κ3) is 4.53. The zero-order chi connectivity index (χ0) is 19.4. The second-order valence-corrected chi connectivity index (χ2v) is 6.71. The van der Waals surface area contributed by atoms with Crippen LogP contribution in [0.2, 0.25) is 0 Å². The molecule has 0 spiro atoms. The molecule has 7 heteroatoms. The number of nitriles is 1. The summed E-state index contributed by atoms with van der Waals surface area (Å²) in [5, 5.41) is 9.06. The van der Waals surface area contributed by atoms with Crippen molar-refractivity contribution in [3.63, 3.8) is 0 Å². The van der Waals surface area contributed by atoms with Crippen LogP contribution in [-0.2, 0) is 4.79 Å². The Morgan fingerprint density at radius 1 is 1.11 bits per heavy atom. The van der Waals surface area contributed by atoms with Crippen molar-refractivity contribution >= 4 is 11.9 Å². The summed E-state index contributed by atoms with van der Waals surface area (Å²) in [5.74, 6) is 1.23. The van der Waals surface area contributed by atoms with Crippen LogP contribution in [0.4, 0.5) is 5.95 Å². The summed E-state index contributed by atoms with van der Waals surface area (Å²) in [5.41, 5.74) is 3.46. The van der Waals surface area contributed by atoms with Gasteiger partial charge >= 0.3 is 0 Å². The maximum Gasteiger partial charge on any atom is 0.260 e. The van der Waals surface area contributed by atoms with Crippen molar-refractivity contribution in [3.05, 3.63) is 46.8 Å². The summed E-state index contributed by atoms with van der Waals surface area (Å²) in [6.45, 7) is 8.35. The Hall–Kier alpha value is -3.14. The van der Waals surface area contributed by atoms with E-state index in [-0.39, 0.29) is 12.5 Å². The molecule has 7 nitrogen and oxygen atoms in total. The highest BCUT2D eigenvalue weighted by Crippen LogP contribution is 2.17. The van der Waals surface area contributed by atoms with Gasteiger partial charge in [-0.1, -0.05) is 6.07 Å². The molecule has 2 heterocycles. The lowest BCUT2D eigenvalue weighted by Gasteiger charge is -2.34. The molecule has 0 atom stereocenters. The molecular weight excluding hydrogens is 342 g/mol. The van der Waals surface area contributed by atoms with E-state index in [1.165, 1.54) is 5.56 Å². The van der Waals surface area contributed by atoms with Crippen LogP contribution < -0.4 is 9.64 Å². The van der Waals surface area contributed by atoms with Crippen LogP contribution in [0.25, 0.3) is 0 Å². The first-order chi connectivity index (χ1) is 13.0. The average Bonchev–Trinajstić information content (AvgIpc) is 2.68. The number of aryl methyl sites for hydroxylation is 3. The summed E-state index contributed by atoms with van der Waals surface area (Å²) in [7, 11) is 0. The SMILES string of the molecule is Cc1cc(C#N)nc(N2CCN(C(=O)COc3ccc(C)c(C)c3)CC2)n1. The molecule has 0 saturated carbocycles. The van der Waals surface area contributed by atoms with Crippen LogP contribution in [0.5, 0.6) is 5.75 Å². The maximum atomic E-state index is 12.4. The van der Waals surface area contributed by atoms with Crippen molar-refractivity contribution in [1.82, 2.24) is 14.9 Å². The summed E-state index contributed by atoms with van der Waals surface area (Å²) in [6, 6.07) is 9.54. The van der Waals surface area contributed by atoms with E-state index in [4.69, 9.17) is 10.00 Å². The molecule has 0 N–H and O–H groups in total. The molecule has 1 fully saturated rings. The van der Waals surface area contributed by atoms with E-state index in [1.54, 1.807) is 11.0 Å². The highest BCUT2D eigenvalue weighted by molar-refractivity contribution is 5.78. The minimum absolute atomic E-state index is 0.0298. The number of anilines is 1. The van der Waals surface area contributed by atoms with E-state index in [1.807, 2.05) is 43.9 Å². The number of amides is 1. The lowest BCUT2D eigenvalue weighted by Crippen LogP contribution is -2.50. The van der Waals surface area contributed by atoms with Gasteiger partial charge in [-0.2, -0.15) is 5.26 Å². The van der Waals surface area contributed by atoms with E-state index < -0.39 is 0 Å². The van der Waals surface area contributed by atoms with Gasteiger partial charge in [0, 0.05) is 31.9 Å². The van der Waals surface area contributed by atoms with Crippen molar-refractivity contribution in [2.45, 2.75) is 20.8 Å². The number of aromatic nitrogens is 2. The second kappa shape index (κ2) is 8.04. The van der Waals surface area contributed by atoms with Gasteiger partial charge in [0.1, 0.15) is 17.5 Å². The summed E-state index contributed by atoms with van der Waals surface area (Å²) < 4.78 is 5.65. The standard InChI is InChI=1S/C20H23N5O2/c1-14-4-5-18(10-15(14)2)27-13-19(26)24-6-8-25(9-7-24)20-22-16(3)11-17(12-21)23-20/h4-5,10-11H,6-9,13H2,1-3H3. The molecule has 3 rings (SSSR count).